The molecule has 0 spiro atoms. The van der Waals surface area contributed by atoms with Gasteiger partial charge in [-0.3, -0.25) is 10.1 Å². The third-order valence-corrected chi connectivity index (χ3v) is 5.14. The van der Waals surface area contributed by atoms with Crippen molar-refractivity contribution in [3.05, 3.63) is 94.8 Å². The van der Waals surface area contributed by atoms with Gasteiger partial charge in [0.05, 0.1) is 7.11 Å². The molecule has 0 aliphatic rings. The molecule has 156 valence electrons. The molecule has 0 bridgehead atoms. The molecule has 2 atom stereocenters. The Morgan fingerprint density at radius 2 is 1.70 bits per heavy atom. The molecule has 1 amide bonds. The summed E-state index contributed by atoms with van der Waals surface area (Å²) in [5.41, 5.74) is 4.41. The van der Waals surface area contributed by atoms with Crippen LogP contribution < -0.4 is 15.4 Å². The second-order valence-corrected chi connectivity index (χ2v) is 7.43. The molecular formula is C25H27FN2O2. The number of methoxy groups -OCH3 is 1. The number of hydrogen-bond acceptors (Lipinski definition) is 3. The monoisotopic (exact) mass is 406 g/mol. The van der Waals surface area contributed by atoms with Gasteiger partial charge < -0.3 is 10.1 Å². The summed E-state index contributed by atoms with van der Waals surface area (Å²) < 4.78 is 19.2. The number of carbonyl (C=O) groups is 1. The van der Waals surface area contributed by atoms with Crippen LogP contribution >= 0.6 is 0 Å². The molecule has 0 saturated heterocycles. The van der Waals surface area contributed by atoms with Crippen LogP contribution in [0.1, 0.15) is 41.3 Å². The summed E-state index contributed by atoms with van der Waals surface area (Å²) in [7, 11) is 1.43. The van der Waals surface area contributed by atoms with Gasteiger partial charge in [0.25, 0.3) is 0 Å². The molecule has 2 N–H and O–H groups in total. The van der Waals surface area contributed by atoms with Crippen molar-refractivity contribution in [3.63, 3.8) is 0 Å². The van der Waals surface area contributed by atoms with Gasteiger partial charge >= 0.3 is 0 Å². The van der Waals surface area contributed by atoms with Gasteiger partial charge in [0.2, 0.25) is 5.91 Å². The number of aryl methyl sites for hydroxylation is 2. The predicted molar refractivity (Wildman–Crippen MR) is 118 cm³/mol. The van der Waals surface area contributed by atoms with E-state index in [2.05, 4.69) is 10.6 Å². The molecule has 0 aliphatic carbocycles. The summed E-state index contributed by atoms with van der Waals surface area (Å²) >= 11 is 0. The molecule has 5 heteroatoms. The number of hydrogen-bond donors (Lipinski definition) is 2. The first-order chi connectivity index (χ1) is 14.4. The molecule has 0 saturated carbocycles. The van der Waals surface area contributed by atoms with Crippen LogP contribution in [0.4, 0.5) is 10.1 Å². The first-order valence-corrected chi connectivity index (χ1v) is 9.91. The molecule has 0 aliphatic heterocycles. The summed E-state index contributed by atoms with van der Waals surface area (Å²) in [6, 6.07) is 19.4. The van der Waals surface area contributed by atoms with Crippen LogP contribution in [0.3, 0.4) is 0 Å². The lowest BCUT2D eigenvalue weighted by molar-refractivity contribution is -0.118. The first-order valence-electron chi connectivity index (χ1n) is 9.91. The van der Waals surface area contributed by atoms with Crippen molar-refractivity contribution in [2.24, 2.45) is 0 Å². The normalized spacial score (nSPS) is 12.8. The summed E-state index contributed by atoms with van der Waals surface area (Å²) in [5, 5.41) is 6.39. The number of ether oxygens (including phenoxy) is 1. The quantitative estimate of drug-likeness (QED) is 0.546. The van der Waals surface area contributed by atoms with Crippen molar-refractivity contribution in [2.75, 3.05) is 12.4 Å². The fourth-order valence-electron chi connectivity index (χ4n) is 3.34. The van der Waals surface area contributed by atoms with E-state index in [9.17, 15) is 9.18 Å². The largest absolute Gasteiger partial charge is 0.494 e. The van der Waals surface area contributed by atoms with E-state index >= 15 is 0 Å². The second kappa shape index (κ2) is 9.55. The third-order valence-electron chi connectivity index (χ3n) is 5.14. The fraction of sp³-hybridized carbons (Fsp3) is 0.240. The molecular weight excluding hydrogens is 379 g/mol. The zero-order valence-corrected chi connectivity index (χ0v) is 17.7. The van der Waals surface area contributed by atoms with E-state index in [1.54, 1.807) is 12.1 Å². The van der Waals surface area contributed by atoms with E-state index in [4.69, 9.17) is 4.74 Å². The molecule has 2 unspecified atom stereocenters. The number of amides is 1. The maximum atomic E-state index is 14.2. The van der Waals surface area contributed by atoms with Crippen molar-refractivity contribution < 1.29 is 13.9 Å². The van der Waals surface area contributed by atoms with Crippen LogP contribution in [0.25, 0.3) is 0 Å². The van der Waals surface area contributed by atoms with E-state index in [0.29, 0.717) is 0 Å². The van der Waals surface area contributed by atoms with Gasteiger partial charge in [-0.05, 0) is 61.2 Å². The average molecular weight is 407 g/mol. The van der Waals surface area contributed by atoms with Crippen molar-refractivity contribution in [1.82, 2.24) is 5.32 Å². The topological polar surface area (TPSA) is 50.4 Å². The number of carbonyl (C=O) groups excluding carboxylic acids is 1. The van der Waals surface area contributed by atoms with Gasteiger partial charge in [-0.15, -0.1) is 0 Å². The minimum absolute atomic E-state index is 0.171. The predicted octanol–water partition coefficient (Wildman–Crippen LogP) is 5.48. The van der Waals surface area contributed by atoms with E-state index in [1.165, 1.54) is 13.2 Å². The average Bonchev–Trinajstić information content (AvgIpc) is 2.74. The minimum atomic E-state index is -0.605. The molecule has 0 radical (unpaired) electrons. The van der Waals surface area contributed by atoms with Crippen molar-refractivity contribution in [3.8, 4) is 5.75 Å². The first kappa shape index (κ1) is 21.5. The summed E-state index contributed by atoms with van der Waals surface area (Å²) in [4.78, 5) is 13.2. The molecule has 3 aromatic carbocycles. The Kier molecular flexibility index (Phi) is 6.85. The van der Waals surface area contributed by atoms with E-state index < -0.39 is 11.9 Å². The van der Waals surface area contributed by atoms with Crippen LogP contribution in [-0.4, -0.2) is 13.0 Å². The van der Waals surface area contributed by atoms with Crippen molar-refractivity contribution in [2.45, 2.75) is 32.9 Å². The SMILES string of the molecule is COc1ccc(C(C)NC(C(=O)Nc2cc(C)ccc2C)c2ccccc2)cc1F. The Morgan fingerprint density at radius 3 is 2.37 bits per heavy atom. The van der Waals surface area contributed by atoms with Crippen LogP contribution in [0.2, 0.25) is 0 Å². The van der Waals surface area contributed by atoms with Crippen LogP contribution in [-0.2, 0) is 4.79 Å². The highest BCUT2D eigenvalue weighted by Gasteiger charge is 2.24. The summed E-state index contributed by atoms with van der Waals surface area (Å²) in [5.74, 6) is -0.409. The Morgan fingerprint density at radius 1 is 0.967 bits per heavy atom. The van der Waals surface area contributed by atoms with Gasteiger partial charge in [0, 0.05) is 11.7 Å². The maximum absolute atomic E-state index is 14.2. The molecule has 30 heavy (non-hydrogen) atoms. The number of nitrogens with one attached hydrogen (secondary N) is 2. The van der Waals surface area contributed by atoms with E-state index in [1.807, 2.05) is 69.3 Å². The Bertz CT molecular complexity index is 1020. The molecule has 0 aromatic heterocycles. The summed E-state index contributed by atoms with van der Waals surface area (Å²) in [6.45, 7) is 5.85. The minimum Gasteiger partial charge on any atom is -0.494 e. The lowest BCUT2D eigenvalue weighted by Gasteiger charge is -2.24. The molecule has 3 rings (SSSR count). The van der Waals surface area contributed by atoms with Crippen molar-refractivity contribution in [1.29, 1.82) is 0 Å². The summed E-state index contributed by atoms with van der Waals surface area (Å²) in [6.07, 6.45) is 0. The standard InChI is InChI=1S/C25H27FN2O2/c1-16-10-11-17(2)22(14-16)28-25(29)24(19-8-6-5-7-9-19)27-18(3)20-12-13-23(30-4)21(26)15-20/h5-15,18,24,27H,1-4H3,(H,28,29). The Hall–Kier alpha value is -3.18. The molecule has 0 fully saturated rings. The van der Waals surface area contributed by atoms with Gasteiger partial charge in [0.15, 0.2) is 11.6 Å². The highest BCUT2D eigenvalue weighted by atomic mass is 19.1. The van der Waals surface area contributed by atoms with Crippen molar-refractivity contribution >= 4 is 11.6 Å². The lowest BCUT2D eigenvalue weighted by atomic mass is 10.0. The van der Waals surface area contributed by atoms with Crippen LogP contribution in [0.15, 0.2) is 66.7 Å². The van der Waals surface area contributed by atoms with Gasteiger partial charge in [-0.25, -0.2) is 4.39 Å². The molecule has 0 heterocycles. The smallest absolute Gasteiger partial charge is 0.246 e. The molecule has 3 aromatic rings. The third kappa shape index (κ3) is 5.05. The molecule has 4 nitrogen and oxygen atoms in total. The lowest BCUT2D eigenvalue weighted by Crippen LogP contribution is -2.35. The van der Waals surface area contributed by atoms with Gasteiger partial charge in [-0.2, -0.15) is 0 Å². The second-order valence-electron chi connectivity index (χ2n) is 7.43. The Balaban J connectivity index is 1.86. The number of halogens is 1. The van der Waals surface area contributed by atoms with E-state index in [0.717, 1.165) is 27.9 Å². The zero-order valence-electron chi connectivity index (χ0n) is 17.7. The van der Waals surface area contributed by atoms with Crippen LogP contribution in [0.5, 0.6) is 5.75 Å². The van der Waals surface area contributed by atoms with Gasteiger partial charge in [-0.1, -0.05) is 48.5 Å². The number of rotatable bonds is 7. The number of benzene rings is 3. The highest BCUT2D eigenvalue weighted by Crippen LogP contribution is 2.26. The van der Waals surface area contributed by atoms with E-state index in [-0.39, 0.29) is 17.7 Å². The fourth-order valence-corrected chi connectivity index (χ4v) is 3.34. The van der Waals surface area contributed by atoms with Gasteiger partial charge in [0.1, 0.15) is 6.04 Å². The Labute approximate surface area is 177 Å². The maximum Gasteiger partial charge on any atom is 0.246 e. The number of anilines is 1. The van der Waals surface area contributed by atoms with Crippen LogP contribution in [0, 0.1) is 19.7 Å². The zero-order chi connectivity index (χ0) is 21.7. The highest BCUT2D eigenvalue weighted by molar-refractivity contribution is 5.96.